The van der Waals surface area contributed by atoms with Gasteiger partial charge in [0.2, 0.25) is 0 Å². The molecule has 0 saturated heterocycles. The summed E-state index contributed by atoms with van der Waals surface area (Å²) < 4.78 is 44.6. The van der Waals surface area contributed by atoms with Crippen LogP contribution in [0.3, 0.4) is 0 Å². The Morgan fingerprint density at radius 3 is 2.68 bits per heavy atom. The second-order valence-corrected chi connectivity index (χ2v) is 10.6. The Hall–Kier alpha value is -3.53. The molecular weight excluding hydrogens is 459 g/mol. The number of amides is 1. The number of hydrogen-bond acceptors (Lipinski definition) is 7. The summed E-state index contributed by atoms with van der Waals surface area (Å²) in [6.45, 7) is 0.484. The summed E-state index contributed by atoms with van der Waals surface area (Å²) in [4.78, 5) is 24.6. The van der Waals surface area contributed by atoms with Crippen molar-refractivity contribution in [3.05, 3.63) is 65.1 Å². The molecule has 0 saturated carbocycles. The minimum Gasteiger partial charge on any atom is -0.483 e. The number of halogens is 1. The van der Waals surface area contributed by atoms with E-state index in [2.05, 4.69) is 4.98 Å². The van der Waals surface area contributed by atoms with Crippen LogP contribution in [0.25, 0.3) is 11.4 Å². The number of anilines is 2. The van der Waals surface area contributed by atoms with Crippen LogP contribution in [0.2, 0.25) is 0 Å². The number of fused-ring (bicyclic) bond motifs is 2. The third kappa shape index (κ3) is 4.09. The standard InChI is InChI=1S/C24H23FN4O4S/c1-28(2)22(30)12-33-21-8-4-7-20-17(21)9-10-29(20)24-18-13-34(31,32)14-19(18)26-23(27-24)15-5-3-6-16(25)11-15/h3-8,11H,9-10,12-14H2,1-2H3. The number of carbonyl (C=O) groups is 1. The van der Waals surface area contributed by atoms with Gasteiger partial charge >= 0.3 is 0 Å². The number of carbonyl (C=O) groups excluding carboxylic acids is 1. The van der Waals surface area contributed by atoms with E-state index in [-0.39, 0.29) is 29.8 Å². The third-order valence-corrected chi connectivity index (χ3v) is 7.41. The van der Waals surface area contributed by atoms with Crippen molar-refractivity contribution in [1.82, 2.24) is 14.9 Å². The number of aromatic nitrogens is 2. The number of rotatable bonds is 5. The zero-order valence-electron chi connectivity index (χ0n) is 18.8. The number of ether oxygens (including phenoxy) is 1. The lowest BCUT2D eigenvalue weighted by molar-refractivity contribution is -0.130. The van der Waals surface area contributed by atoms with E-state index in [1.807, 2.05) is 23.1 Å². The van der Waals surface area contributed by atoms with Gasteiger partial charge in [-0.05, 0) is 30.7 Å². The van der Waals surface area contributed by atoms with Gasteiger partial charge in [0.15, 0.2) is 22.3 Å². The first-order valence-corrected chi connectivity index (χ1v) is 12.6. The summed E-state index contributed by atoms with van der Waals surface area (Å²) >= 11 is 0. The quantitative estimate of drug-likeness (QED) is 0.552. The van der Waals surface area contributed by atoms with Crippen molar-refractivity contribution in [2.24, 2.45) is 0 Å². The summed E-state index contributed by atoms with van der Waals surface area (Å²) in [6, 6.07) is 11.5. The van der Waals surface area contributed by atoms with E-state index >= 15 is 0 Å². The van der Waals surface area contributed by atoms with Crippen LogP contribution in [0.4, 0.5) is 15.9 Å². The zero-order chi connectivity index (χ0) is 24.0. The fourth-order valence-corrected chi connectivity index (χ4v) is 5.76. The van der Waals surface area contributed by atoms with Crippen LogP contribution in [0.15, 0.2) is 42.5 Å². The largest absolute Gasteiger partial charge is 0.483 e. The SMILES string of the molecule is CN(C)C(=O)COc1cccc2c1CCN2c1nc(-c2cccc(F)c2)nc2c1CS(=O)(=O)C2. The Kier molecular flexibility index (Phi) is 5.47. The van der Waals surface area contributed by atoms with Crippen LogP contribution in [-0.2, 0) is 32.6 Å². The van der Waals surface area contributed by atoms with Crippen molar-refractivity contribution in [1.29, 1.82) is 0 Å². The first-order chi connectivity index (χ1) is 16.2. The van der Waals surface area contributed by atoms with E-state index in [9.17, 15) is 17.6 Å². The maximum Gasteiger partial charge on any atom is 0.259 e. The molecule has 2 aliphatic heterocycles. The molecule has 3 heterocycles. The number of nitrogens with zero attached hydrogens (tertiary/aromatic N) is 4. The van der Waals surface area contributed by atoms with Crippen LogP contribution in [0.5, 0.6) is 5.75 Å². The average Bonchev–Trinajstić information content (AvgIpc) is 3.36. The predicted octanol–water partition coefficient (Wildman–Crippen LogP) is 2.87. The van der Waals surface area contributed by atoms with E-state index in [1.165, 1.54) is 17.0 Å². The molecule has 176 valence electrons. The molecule has 0 N–H and O–H groups in total. The molecule has 0 aliphatic carbocycles. The molecule has 34 heavy (non-hydrogen) atoms. The van der Waals surface area contributed by atoms with Crippen LogP contribution >= 0.6 is 0 Å². The monoisotopic (exact) mass is 482 g/mol. The van der Waals surface area contributed by atoms with Gasteiger partial charge in [0.1, 0.15) is 17.4 Å². The van der Waals surface area contributed by atoms with Gasteiger partial charge in [0.25, 0.3) is 5.91 Å². The van der Waals surface area contributed by atoms with Crippen molar-refractivity contribution in [2.75, 3.05) is 32.1 Å². The van der Waals surface area contributed by atoms with Gasteiger partial charge < -0.3 is 14.5 Å². The van der Waals surface area contributed by atoms with Crippen molar-refractivity contribution >= 4 is 27.2 Å². The number of benzene rings is 2. The smallest absolute Gasteiger partial charge is 0.259 e. The minimum absolute atomic E-state index is 0.0751. The second kappa shape index (κ2) is 8.35. The van der Waals surface area contributed by atoms with E-state index < -0.39 is 15.7 Å². The molecule has 0 unspecified atom stereocenters. The fraction of sp³-hybridized carbons (Fsp3) is 0.292. The van der Waals surface area contributed by atoms with E-state index in [4.69, 9.17) is 9.72 Å². The molecule has 0 atom stereocenters. The maximum absolute atomic E-state index is 13.9. The maximum atomic E-state index is 13.9. The predicted molar refractivity (Wildman–Crippen MR) is 125 cm³/mol. The van der Waals surface area contributed by atoms with Gasteiger partial charge in [0, 0.05) is 43.0 Å². The second-order valence-electron chi connectivity index (χ2n) is 8.57. The molecule has 0 spiro atoms. The highest BCUT2D eigenvalue weighted by atomic mass is 32.2. The Morgan fingerprint density at radius 1 is 1.12 bits per heavy atom. The fourth-order valence-electron chi connectivity index (χ4n) is 4.27. The van der Waals surface area contributed by atoms with Crippen LogP contribution in [-0.4, -0.2) is 56.4 Å². The molecule has 10 heteroatoms. The van der Waals surface area contributed by atoms with Crippen LogP contribution < -0.4 is 9.64 Å². The van der Waals surface area contributed by atoms with Gasteiger partial charge in [-0.2, -0.15) is 0 Å². The Labute approximate surface area is 196 Å². The first kappa shape index (κ1) is 22.3. The lowest BCUT2D eigenvalue weighted by Gasteiger charge is -2.22. The Balaban J connectivity index is 1.57. The van der Waals surface area contributed by atoms with Crippen LogP contribution in [0, 0.1) is 5.82 Å². The molecule has 2 aromatic carbocycles. The molecule has 8 nitrogen and oxygen atoms in total. The summed E-state index contributed by atoms with van der Waals surface area (Å²) in [7, 11) is -0.00766. The van der Waals surface area contributed by atoms with Gasteiger partial charge in [-0.25, -0.2) is 22.8 Å². The number of sulfone groups is 1. The minimum atomic E-state index is -3.35. The van der Waals surface area contributed by atoms with Gasteiger partial charge in [-0.3, -0.25) is 4.79 Å². The first-order valence-electron chi connectivity index (χ1n) is 10.8. The average molecular weight is 483 g/mol. The number of likely N-dealkylation sites (N-methyl/N-ethyl adjacent to an activating group) is 1. The highest BCUT2D eigenvalue weighted by Crippen LogP contribution is 2.42. The highest BCUT2D eigenvalue weighted by molar-refractivity contribution is 7.90. The Bertz CT molecular complexity index is 1410. The zero-order valence-corrected chi connectivity index (χ0v) is 19.6. The summed E-state index contributed by atoms with van der Waals surface area (Å²) in [5.74, 6) is 0.520. The number of hydrogen-bond donors (Lipinski definition) is 0. The molecule has 0 bridgehead atoms. The summed E-state index contributed by atoms with van der Waals surface area (Å²) in [6.07, 6.45) is 0.641. The molecule has 5 rings (SSSR count). The third-order valence-electron chi connectivity index (χ3n) is 5.96. The topological polar surface area (TPSA) is 92.7 Å². The molecule has 1 aromatic heterocycles. The molecule has 2 aliphatic rings. The highest BCUT2D eigenvalue weighted by Gasteiger charge is 2.35. The van der Waals surface area contributed by atoms with Crippen molar-refractivity contribution < 1.29 is 22.3 Å². The van der Waals surface area contributed by atoms with Crippen LogP contribution in [0.1, 0.15) is 16.8 Å². The van der Waals surface area contributed by atoms with Gasteiger partial charge in [-0.1, -0.05) is 18.2 Å². The van der Waals surface area contributed by atoms with Crippen molar-refractivity contribution in [3.63, 3.8) is 0 Å². The van der Waals surface area contributed by atoms with Gasteiger partial charge in [0.05, 0.1) is 17.2 Å². The Morgan fingerprint density at radius 2 is 1.91 bits per heavy atom. The van der Waals surface area contributed by atoms with E-state index in [0.717, 1.165) is 11.3 Å². The normalized spacial score (nSPS) is 15.7. The molecule has 3 aromatic rings. The van der Waals surface area contributed by atoms with Crippen molar-refractivity contribution in [2.45, 2.75) is 17.9 Å². The van der Waals surface area contributed by atoms with E-state index in [1.54, 1.807) is 26.2 Å². The molecular formula is C24H23FN4O4S. The lowest BCUT2D eigenvalue weighted by Crippen LogP contribution is -2.27. The lowest BCUT2D eigenvalue weighted by atomic mass is 10.1. The van der Waals surface area contributed by atoms with E-state index in [0.29, 0.717) is 41.4 Å². The summed E-state index contributed by atoms with van der Waals surface area (Å²) in [5.41, 5.74) is 3.26. The van der Waals surface area contributed by atoms with Gasteiger partial charge in [-0.15, -0.1) is 0 Å². The van der Waals surface area contributed by atoms with Crippen molar-refractivity contribution in [3.8, 4) is 17.1 Å². The molecule has 1 amide bonds. The molecule has 0 radical (unpaired) electrons. The molecule has 0 fully saturated rings. The summed E-state index contributed by atoms with van der Waals surface area (Å²) in [5, 5.41) is 0.